The monoisotopic (exact) mass is 487 g/mol. The molecule has 0 bridgehead atoms. The molecule has 5 rings (SSSR count). The summed E-state index contributed by atoms with van der Waals surface area (Å²) in [5, 5.41) is 3.48. The molecule has 2 amide bonds. The largest absolute Gasteiger partial charge is 0.481 e. The molecule has 0 unspecified atom stereocenters. The molecular formula is C28H26FN3O4. The standard InChI is InChI=1S/C28H26FN3O4/c1-19(35-20-9-3-2-4-10-20)27(33)30-25-21-11-5-8-14-24(21)36-26(25)28(34)32-17-15-31(16-18-32)23-13-7-6-12-22(23)29/h2-14,19H,15-18H2,1H3,(H,30,33)/t19-/m1/s1. The first kappa shape index (κ1) is 23.4. The number of fused-ring (bicyclic) bond motifs is 1. The van der Waals surface area contributed by atoms with E-state index in [1.807, 2.05) is 29.2 Å². The van der Waals surface area contributed by atoms with Gasteiger partial charge in [0.1, 0.15) is 22.8 Å². The minimum absolute atomic E-state index is 0.0656. The first-order valence-electron chi connectivity index (χ1n) is 11.8. The highest BCUT2D eigenvalue weighted by atomic mass is 19.1. The fourth-order valence-corrected chi connectivity index (χ4v) is 4.30. The third kappa shape index (κ3) is 4.75. The second-order valence-electron chi connectivity index (χ2n) is 8.60. The van der Waals surface area contributed by atoms with Crippen molar-refractivity contribution >= 4 is 34.2 Å². The molecule has 184 valence electrons. The third-order valence-electron chi connectivity index (χ3n) is 6.22. The highest BCUT2D eigenvalue weighted by molar-refractivity contribution is 6.11. The second-order valence-corrected chi connectivity index (χ2v) is 8.60. The van der Waals surface area contributed by atoms with Gasteiger partial charge in [-0.25, -0.2) is 4.39 Å². The summed E-state index contributed by atoms with van der Waals surface area (Å²) in [6.45, 7) is 3.40. The molecule has 1 saturated heterocycles. The number of furan rings is 1. The SMILES string of the molecule is C[C@@H](Oc1ccccc1)C(=O)Nc1c(C(=O)N2CCN(c3ccccc3F)CC2)oc2ccccc12. The van der Waals surface area contributed by atoms with Gasteiger partial charge in [-0.3, -0.25) is 9.59 Å². The topological polar surface area (TPSA) is 75.0 Å². The maximum absolute atomic E-state index is 14.2. The van der Waals surface area contributed by atoms with E-state index in [0.717, 1.165) is 0 Å². The molecule has 1 aromatic heterocycles. The van der Waals surface area contributed by atoms with Crippen molar-refractivity contribution < 1.29 is 23.1 Å². The lowest BCUT2D eigenvalue weighted by Gasteiger charge is -2.35. The number of piperazine rings is 1. The Hall–Kier alpha value is -4.33. The Morgan fingerprint density at radius 1 is 0.917 bits per heavy atom. The fraction of sp³-hybridized carbons (Fsp3) is 0.214. The second kappa shape index (κ2) is 10.1. The first-order chi connectivity index (χ1) is 17.5. The van der Waals surface area contributed by atoms with Gasteiger partial charge in [0, 0.05) is 31.6 Å². The number of halogens is 1. The number of ether oxygens (including phenoxy) is 1. The zero-order valence-electron chi connectivity index (χ0n) is 19.8. The number of anilines is 2. The van der Waals surface area contributed by atoms with Gasteiger partial charge in [0.2, 0.25) is 5.76 Å². The molecule has 8 heteroatoms. The van der Waals surface area contributed by atoms with Crippen molar-refractivity contribution in [2.24, 2.45) is 0 Å². The first-order valence-corrected chi connectivity index (χ1v) is 11.8. The molecule has 1 N–H and O–H groups in total. The molecular weight excluding hydrogens is 461 g/mol. The van der Waals surface area contributed by atoms with Crippen LogP contribution in [0.15, 0.2) is 83.3 Å². The van der Waals surface area contributed by atoms with Gasteiger partial charge in [0.25, 0.3) is 11.8 Å². The summed E-state index contributed by atoms with van der Waals surface area (Å²) in [5.74, 6) is -0.376. The molecule has 0 saturated carbocycles. The van der Waals surface area contributed by atoms with E-state index in [1.165, 1.54) is 6.07 Å². The number of rotatable bonds is 6. The lowest BCUT2D eigenvalue weighted by Crippen LogP contribution is -2.49. The van der Waals surface area contributed by atoms with Crippen molar-refractivity contribution in [3.8, 4) is 5.75 Å². The van der Waals surface area contributed by atoms with Crippen LogP contribution in [0.5, 0.6) is 5.75 Å². The molecule has 36 heavy (non-hydrogen) atoms. The Labute approximate surface area is 208 Å². The molecule has 4 aromatic rings. The van der Waals surface area contributed by atoms with Gasteiger partial charge >= 0.3 is 0 Å². The van der Waals surface area contributed by atoms with Gasteiger partial charge < -0.3 is 24.3 Å². The molecule has 0 spiro atoms. The van der Waals surface area contributed by atoms with Crippen LogP contribution >= 0.6 is 0 Å². The van der Waals surface area contributed by atoms with Crippen LogP contribution in [0, 0.1) is 5.82 Å². The average molecular weight is 488 g/mol. The minimum Gasteiger partial charge on any atom is -0.481 e. The van der Waals surface area contributed by atoms with Gasteiger partial charge in [-0.05, 0) is 43.3 Å². The van der Waals surface area contributed by atoms with Crippen molar-refractivity contribution in [2.45, 2.75) is 13.0 Å². The van der Waals surface area contributed by atoms with Crippen molar-refractivity contribution in [3.05, 3.63) is 90.4 Å². The summed E-state index contributed by atoms with van der Waals surface area (Å²) in [7, 11) is 0. The predicted octanol–water partition coefficient (Wildman–Crippen LogP) is 4.94. The Bertz CT molecular complexity index is 1380. The average Bonchev–Trinajstić information content (AvgIpc) is 3.27. The summed E-state index contributed by atoms with van der Waals surface area (Å²) < 4.78 is 25.9. The number of hydrogen-bond donors (Lipinski definition) is 1. The third-order valence-corrected chi connectivity index (χ3v) is 6.22. The summed E-state index contributed by atoms with van der Waals surface area (Å²) >= 11 is 0. The summed E-state index contributed by atoms with van der Waals surface area (Å²) in [5.41, 5.74) is 1.34. The van der Waals surface area contributed by atoms with Gasteiger partial charge in [-0.2, -0.15) is 0 Å². The Balaban J connectivity index is 1.34. The number of hydrogen-bond acceptors (Lipinski definition) is 5. The fourth-order valence-electron chi connectivity index (χ4n) is 4.30. The predicted molar refractivity (Wildman–Crippen MR) is 136 cm³/mol. The quantitative estimate of drug-likeness (QED) is 0.417. The lowest BCUT2D eigenvalue weighted by atomic mass is 10.2. The lowest BCUT2D eigenvalue weighted by molar-refractivity contribution is -0.122. The Morgan fingerprint density at radius 3 is 2.33 bits per heavy atom. The highest BCUT2D eigenvalue weighted by Crippen LogP contribution is 2.32. The van der Waals surface area contributed by atoms with Crippen LogP contribution < -0.4 is 15.0 Å². The van der Waals surface area contributed by atoms with E-state index in [2.05, 4.69) is 5.32 Å². The van der Waals surface area contributed by atoms with Crippen LogP contribution in [0.3, 0.4) is 0 Å². The smallest absolute Gasteiger partial charge is 0.291 e. The van der Waals surface area contributed by atoms with Crippen LogP contribution in [0.25, 0.3) is 11.0 Å². The number of amides is 2. The summed E-state index contributed by atoms with van der Waals surface area (Å²) in [4.78, 5) is 30.1. The zero-order chi connectivity index (χ0) is 25.1. The molecule has 0 aliphatic carbocycles. The highest BCUT2D eigenvalue weighted by Gasteiger charge is 2.30. The van der Waals surface area contributed by atoms with E-state index in [0.29, 0.717) is 54.3 Å². The number of nitrogens with one attached hydrogen (secondary N) is 1. The minimum atomic E-state index is -0.798. The van der Waals surface area contributed by atoms with Crippen molar-refractivity contribution in [1.82, 2.24) is 4.90 Å². The number of benzene rings is 3. The number of nitrogens with zero attached hydrogens (tertiary/aromatic N) is 2. The van der Waals surface area contributed by atoms with E-state index in [1.54, 1.807) is 60.4 Å². The van der Waals surface area contributed by atoms with Gasteiger partial charge in [0.05, 0.1) is 5.69 Å². The van der Waals surface area contributed by atoms with Crippen LogP contribution in [0.2, 0.25) is 0 Å². The maximum Gasteiger partial charge on any atom is 0.291 e. The Morgan fingerprint density at radius 2 is 1.58 bits per heavy atom. The molecule has 2 heterocycles. The molecule has 1 atom stereocenters. The van der Waals surface area contributed by atoms with E-state index in [4.69, 9.17) is 9.15 Å². The summed E-state index contributed by atoms with van der Waals surface area (Å²) in [6, 6.07) is 22.8. The maximum atomic E-state index is 14.2. The van der Waals surface area contributed by atoms with E-state index in [-0.39, 0.29) is 17.5 Å². The molecule has 3 aromatic carbocycles. The number of carbonyl (C=O) groups excluding carboxylic acids is 2. The van der Waals surface area contributed by atoms with Gasteiger partial charge in [-0.15, -0.1) is 0 Å². The van der Waals surface area contributed by atoms with Crippen LogP contribution in [0.1, 0.15) is 17.5 Å². The van der Waals surface area contributed by atoms with Crippen LogP contribution in [-0.4, -0.2) is 49.0 Å². The van der Waals surface area contributed by atoms with E-state index < -0.39 is 12.0 Å². The number of carbonyl (C=O) groups is 2. The van der Waals surface area contributed by atoms with Crippen LogP contribution in [0.4, 0.5) is 15.8 Å². The molecule has 1 aliphatic heterocycles. The Kier molecular flexibility index (Phi) is 6.58. The normalized spacial score (nSPS) is 14.5. The molecule has 1 fully saturated rings. The van der Waals surface area contributed by atoms with Gasteiger partial charge in [-0.1, -0.05) is 42.5 Å². The van der Waals surface area contributed by atoms with E-state index in [9.17, 15) is 14.0 Å². The molecule has 1 aliphatic rings. The summed E-state index contributed by atoms with van der Waals surface area (Å²) in [6.07, 6.45) is -0.798. The zero-order valence-corrected chi connectivity index (χ0v) is 19.8. The van der Waals surface area contributed by atoms with E-state index >= 15 is 0 Å². The van der Waals surface area contributed by atoms with Crippen molar-refractivity contribution in [2.75, 3.05) is 36.4 Å². The number of para-hydroxylation sites is 3. The molecule has 0 radical (unpaired) electrons. The van der Waals surface area contributed by atoms with Gasteiger partial charge in [0.15, 0.2) is 6.10 Å². The molecule has 7 nitrogen and oxygen atoms in total. The van der Waals surface area contributed by atoms with Crippen molar-refractivity contribution in [3.63, 3.8) is 0 Å². The van der Waals surface area contributed by atoms with Crippen molar-refractivity contribution in [1.29, 1.82) is 0 Å². The van der Waals surface area contributed by atoms with Crippen LogP contribution in [-0.2, 0) is 4.79 Å².